The molecular formula is C20H17F3N2O3. The lowest BCUT2D eigenvalue weighted by Gasteiger charge is -2.10. The van der Waals surface area contributed by atoms with E-state index >= 15 is 0 Å². The molecule has 3 rings (SSSR count). The third kappa shape index (κ3) is 3.58. The first-order valence-electron chi connectivity index (χ1n) is 8.33. The van der Waals surface area contributed by atoms with Gasteiger partial charge in [-0.3, -0.25) is 9.13 Å². The standard InChI is InChI=1S/C20H17F3N2O3/c1-24-16(14-8-10-15(11-9-14)20(21,22)23)17(18(26)28-2)25(19(24)27)12-13-6-4-3-5-7-13/h3-11H,12H2,1-2H3. The highest BCUT2D eigenvalue weighted by Gasteiger charge is 2.31. The molecule has 0 spiro atoms. The number of methoxy groups -OCH3 is 1. The fraction of sp³-hybridized carbons (Fsp3) is 0.200. The Morgan fingerprint density at radius 3 is 2.18 bits per heavy atom. The summed E-state index contributed by atoms with van der Waals surface area (Å²) in [7, 11) is 2.65. The molecule has 0 bridgehead atoms. The maximum absolute atomic E-state index is 12.8. The number of rotatable bonds is 4. The number of hydrogen-bond donors (Lipinski definition) is 0. The van der Waals surface area contributed by atoms with Crippen LogP contribution in [0.1, 0.15) is 21.6 Å². The highest BCUT2D eigenvalue weighted by atomic mass is 19.4. The van der Waals surface area contributed by atoms with Gasteiger partial charge in [-0.1, -0.05) is 42.5 Å². The predicted octanol–water partition coefficient (Wildman–Crippen LogP) is 3.71. The van der Waals surface area contributed by atoms with E-state index in [-0.39, 0.29) is 17.9 Å². The van der Waals surface area contributed by atoms with Crippen molar-refractivity contribution in [3.8, 4) is 11.3 Å². The summed E-state index contributed by atoms with van der Waals surface area (Å²) in [6.45, 7) is 0.124. The van der Waals surface area contributed by atoms with Gasteiger partial charge in [-0.2, -0.15) is 13.2 Å². The summed E-state index contributed by atoms with van der Waals surface area (Å²) in [6.07, 6.45) is -4.48. The number of halogens is 3. The van der Waals surface area contributed by atoms with Crippen molar-refractivity contribution in [2.45, 2.75) is 12.7 Å². The zero-order valence-corrected chi connectivity index (χ0v) is 15.2. The molecule has 0 radical (unpaired) electrons. The maximum Gasteiger partial charge on any atom is 0.416 e. The van der Waals surface area contributed by atoms with E-state index in [1.54, 1.807) is 24.3 Å². The van der Waals surface area contributed by atoms with E-state index in [1.165, 1.54) is 35.4 Å². The van der Waals surface area contributed by atoms with E-state index in [2.05, 4.69) is 0 Å². The molecule has 0 saturated carbocycles. The fourth-order valence-electron chi connectivity index (χ4n) is 3.02. The third-order valence-electron chi connectivity index (χ3n) is 4.40. The van der Waals surface area contributed by atoms with Gasteiger partial charge in [0.25, 0.3) is 0 Å². The van der Waals surface area contributed by atoms with Gasteiger partial charge in [-0.05, 0) is 17.7 Å². The van der Waals surface area contributed by atoms with Crippen molar-refractivity contribution >= 4 is 5.97 Å². The molecule has 0 aliphatic heterocycles. The van der Waals surface area contributed by atoms with Gasteiger partial charge in [0.05, 0.1) is 24.9 Å². The highest BCUT2D eigenvalue weighted by molar-refractivity contribution is 5.94. The van der Waals surface area contributed by atoms with Crippen molar-refractivity contribution < 1.29 is 22.7 Å². The van der Waals surface area contributed by atoms with Crippen LogP contribution in [-0.4, -0.2) is 22.2 Å². The largest absolute Gasteiger partial charge is 0.464 e. The molecule has 1 heterocycles. The lowest BCUT2D eigenvalue weighted by Crippen LogP contribution is -2.25. The minimum absolute atomic E-state index is 0.0152. The molecule has 0 aliphatic carbocycles. The van der Waals surface area contributed by atoms with Gasteiger partial charge in [-0.25, -0.2) is 9.59 Å². The van der Waals surface area contributed by atoms with E-state index in [1.807, 2.05) is 6.07 Å². The van der Waals surface area contributed by atoms with Crippen LogP contribution in [0.5, 0.6) is 0 Å². The monoisotopic (exact) mass is 390 g/mol. The number of nitrogens with zero attached hydrogens (tertiary/aromatic N) is 2. The van der Waals surface area contributed by atoms with E-state index in [0.29, 0.717) is 5.56 Å². The minimum atomic E-state index is -4.48. The molecule has 3 aromatic rings. The molecule has 0 aliphatic rings. The number of benzene rings is 2. The van der Waals surface area contributed by atoms with Crippen molar-refractivity contribution in [3.05, 3.63) is 81.9 Å². The third-order valence-corrected chi connectivity index (χ3v) is 4.40. The quantitative estimate of drug-likeness (QED) is 0.639. The van der Waals surface area contributed by atoms with E-state index < -0.39 is 23.4 Å². The summed E-state index contributed by atoms with van der Waals surface area (Å²) < 4.78 is 45.8. The molecule has 5 nitrogen and oxygen atoms in total. The van der Waals surface area contributed by atoms with Gasteiger partial charge in [-0.15, -0.1) is 0 Å². The Morgan fingerprint density at radius 2 is 1.64 bits per heavy atom. The van der Waals surface area contributed by atoms with Crippen LogP contribution in [0.15, 0.2) is 59.4 Å². The summed E-state index contributed by atoms with van der Waals surface area (Å²) in [5.74, 6) is -0.747. The van der Waals surface area contributed by atoms with Crippen LogP contribution >= 0.6 is 0 Å². The summed E-state index contributed by atoms with van der Waals surface area (Å²) in [5, 5.41) is 0. The van der Waals surface area contributed by atoms with Gasteiger partial charge < -0.3 is 4.74 Å². The molecule has 146 valence electrons. The average molecular weight is 390 g/mol. The zero-order valence-electron chi connectivity index (χ0n) is 15.2. The van der Waals surface area contributed by atoms with Crippen molar-refractivity contribution in [2.75, 3.05) is 7.11 Å². The topological polar surface area (TPSA) is 53.2 Å². The Morgan fingerprint density at radius 1 is 1.04 bits per heavy atom. The van der Waals surface area contributed by atoms with E-state index in [9.17, 15) is 22.8 Å². The summed E-state index contributed by atoms with van der Waals surface area (Å²) in [6, 6.07) is 13.3. The number of alkyl halides is 3. The molecule has 2 aromatic carbocycles. The van der Waals surface area contributed by atoms with Gasteiger partial charge in [0, 0.05) is 12.6 Å². The van der Waals surface area contributed by atoms with Crippen LogP contribution in [0.3, 0.4) is 0 Å². The van der Waals surface area contributed by atoms with Crippen LogP contribution < -0.4 is 5.69 Å². The van der Waals surface area contributed by atoms with Gasteiger partial charge in [0.15, 0.2) is 5.69 Å². The van der Waals surface area contributed by atoms with E-state index in [0.717, 1.165) is 17.7 Å². The SMILES string of the molecule is COC(=O)c1c(-c2ccc(C(F)(F)F)cc2)n(C)c(=O)n1Cc1ccccc1. The molecule has 0 N–H and O–H groups in total. The predicted molar refractivity (Wildman–Crippen MR) is 97.0 cm³/mol. The number of carbonyl (C=O) groups is 1. The van der Waals surface area contributed by atoms with Crippen molar-refractivity contribution in [1.82, 2.24) is 9.13 Å². The summed E-state index contributed by atoms with van der Waals surface area (Å²) >= 11 is 0. The normalized spacial score (nSPS) is 11.5. The van der Waals surface area contributed by atoms with Crippen molar-refractivity contribution in [2.24, 2.45) is 7.05 Å². The smallest absolute Gasteiger partial charge is 0.416 e. The van der Waals surface area contributed by atoms with Gasteiger partial charge in [0.2, 0.25) is 0 Å². The number of imidazole rings is 1. The Hall–Kier alpha value is -3.29. The first kappa shape index (κ1) is 19.5. The number of esters is 1. The van der Waals surface area contributed by atoms with E-state index in [4.69, 9.17) is 4.74 Å². The van der Waals surface area contributed by atoms with Gasteiger partial charge in [0.1, 0.15) is 0 Å². The van der Waals surface area contributed by atoms with Crippen LogP contribution in [0.25, 0.3) is 11.3 Å². The Kier molecular flexibility index (Phi) is 5.13. The molecule has 1 aromatic heterocycles. The Balaban J connectivity index is 2.17. The first-order valence-corrected chi connectivity index (χ1v) is 8.33. The van der Waals surface area contributed by atoms with Crippen molar-refractivity contribution in [1.29, 1.82) is 0 Å². The number of ether oxygens (including phenoxy) is 1. The van der Waals surface area contributed by atoms with Crippen molar-refractivity contribution in [3.63, 3.8) is 0 Å². The molecule has 8 heteroatoms. The van der Waals surface area contributed by atoms with Crippen LogP contribution in [-0.2, 0) is 24.5 Å². The second-order valence-corrected chi connectivity index (χ2v) is 6.18. The lowest BCUT2D eigenvalue weighted by molar-refractivity contribution is -0.137. The fourth-order valence-corrected chi connectivity index (χ4v) is 3.02. The van der Waals surface area contributed by atoms with Crippen LogP contribution in [0, 0.1) is 0 Å². The summed E-state index contributed by atoms with van der Waals surface area (Å²) in [5.41, 5.74) is -0.0111. The molecule has 0 amide bonds. The molecular weight excluding hydrogens is 373 g/mol. The van der Waals surface area contributed by atoms with Crippen LogP contribution in [0.4, 0.5) is 13.2 Å². The summed E-state index contributed by atoms with van der Waals surface area (Å²) in [4.78, 5) is 25.2. The zero-order chi connectivity index (χ0) is 20.5. The number of aromatic nitrogens is 2. The first-order chi connectivity index (χ1) is 13.2. The second-order valence-electron chi connectivity index (χ2n) is 6.18. The maximum atomic E-state index is 12.8. The van der Waals surface area contributed by atoms with Crippen LogP contribution in [0.2, 0.25) is 0 Å². The molecule has 0 saturated heterocycles. The lowest BCUT2D eigenvalue weighted by atomic mass is 10.1. The highest BCUT2D eigenvalue weighted by Crippen LogP contribution is 2.31. The molecule has 0 unspecified atom stereocenters. The molecule has 0 atom stereocenters. The number of carbonyl (C=O) groups excluding carboxylic acids is 1. The number of hydrogen-bond acceptors (Lipinski definition) is 3. The minimum Gasteiger partial charge on any atom is -0.464 e. The average Bonchev–Trinajstić information content (AvgIpc) is 2.92. The Bertz CT molecular complexity index is 1050. The Labute approximate surface area is 158 Å². The second kappa shape index (κ2) is 7.38. The molecule has 0 fully saturated rings. The van der Waals surface area contributed by atoms with Gasteiger partial charge >= 0.3 is 17.8 Å². The molecule has 28 heavy (non-hydrogen) atoms.